The zero-order chi connectivity index (χ0) is 14.0. The molecule has 6 nitrogen and oxygen atoms in total. The number of anilines is 2. The van der Waals surface area contributed by atoms with Gasteiger partial charge in [-0.3, -0.25) is 13.9 Å². The smallest absolute Gasteiger partial charge is 0.333 e. The molecule has 0 saturated heterocycles. The Morgan fingerprint density at radius 1 is 1.11 bits per heavy atom. The summed E-state index contributed by atoms with van der Waals surface area (Å²) < 4.78 is 2.72. The summed E-state index contributed by atoms with van der Waals surface area (Å²) in [6, 6.07) is -0.285. The van der Waals surface area contributed by atoms with E-state index in [9.17, 15) is 9.59 Å². The SMILES string of the molecule is CCNc1c(N)c(=O)n(C(C)C)c(=O)n1C(C)C. The van der Waals surface area contributed by atoms with Crippen LogP contribution in [0.5, 0.6) is 0 Å². The van der Waals surface area contributed by atoms with Gasteiger partial charge in [0, 0.05) is 18.6 Å². The largest absolute Gasteiger partial charge is 0.391 e. The first kappa shape index (κ1) is 14.3. The van der Waals surface area contributed by atoms with Crippen LogP contribution in [0.15, 0.2) is 9.59 Å². The molecule has 0 aromatic carbocycles. The third kappa shape index (κ3) is 2.27. The standard InChI is InChI=1S/C12H22N4O2/c1-6-14-10-9(13)11(17)16(8(4)5)12(18)15(10)7(2)3/h7-8,14H,6,13H2,1-5H3. The summed E-state index contributed by atoms with van der Waals surface area (Å²) in [5.74, 6) is 0.416. The quantitative estimate of drug-likeness (QED) is 0.845. The van der Waals surface area contributed by atoms with Crippen molar-refractivity contribution in [2.45, 2.75) is 46.7 Å². The van der Waals surface area contributed by atoms with Gasteiger partial charge in [-0.15, -0.1) is 0 Å². The molecule has 1 aromatic heterocycles. The first-order chi connectivity index (χ1) is 8.32. The van der Waals surface area contributed by atoms with E-state index in [2.05, 4.69) is 5.32 Å². The van der Waals surface area contributed by atoms with E-state index in [0.29, 0.717) is 12.4 Å². The fourth-order valence-corrected chi connectivity index (χ4v) is 1.94. The Bertz CT molecular complexity index is 540. The Labute approximate surface area is 106 Å². The molecular weight excluding hydrogens is 232 g/mol. The number of nitrogens with one attached hydrogen (secondary N) is 1. The Morgan fingerprint density at radius 2 is 1.61 bits per heavy atom. The topological polar surface area (TPSA) is 82.1 Å². The van der Waals surface area contributed by atoms with Crippen LogP contribution in [0.4, 0.5) is 11.5 Å². The van der Waals surface area contributed by atoms with Crippen molar-refractivity contribution in [2.75, 3.05) is 17.6 Å². The number of nitrogen functional groups attached to an aromatic ring is 1. The van der Waals surface area contributed by atoms with Crippen LogP contribution in [0.1, 0.15) is 46.7 Å². The monoisotopic (exact) mass is 254 g/mol. The minimum Gasteiger partial charge on any atom is -0.391 e. The van der Waals surface area contributed by atoms with Gasteiger partial charge in [0.25, 0.3) is 5.56 Å². The van der Waals surface area contributed by atoms with Crippen LogP contribution in [0, 0.1) is 0 Å². The van der Waals surface area contributed by atoms with Crippen LogP contribution >= 0.6 is 0 Å². The van der Waals surface area contributed by atoms with Crippen molar-refractivity contribution in [1.29, 1.82) is 0 Å². The van der Waals surface area contributed by atoms with Gasteiger partial charge in [-0.05, 0) is 34.6 Å². The molecule has 0 aliphatic heterocycles. The van der Waals surface area contributed by atoms with Gasteiger partial charge in [-0.1, -0.05) is 0 Å². The summed E-state index contributed by atoms with van der Waals surface area (Å²) in [6.45, 7) is 9.84. The second-order valence-corrected chi connectivity index (χ2v) is 4.81. The van der Waals surface area contributed by atoms with Gasteiger partial charge in [-0.2, -0.15) is 0 Å². The molecule has 0 fully saturated rings. The van der Waals surface area contributed by atoms with Crippen LogP contribution < -0.4 is 22.3 Å². The summed E-state index contributed by atoms with van der Waals surface area (Å²) in [5, 5.41) is 3.00. The molecule has 0 aliphatic carbocycles. The second-order valence-electron chi connectivity index (χ2n) is 4.81. The molecule has 102 valence electrons. The van der Waals surface area contributed by atoms with Crippen LogP contribution in [-0.4, -0.2) is 15.7 Å². The molecule has 6 heteroatoms. The molecule has 1 aromatic rings. The van der Waals surface area contributed by atoms with E-state index < -0.39 is 5.56 Å². The predicted octanol–water partition coefficient (Wildman–Crippen LogP) is 1.19. The summed E-state index contributed by atoms with van der Waals surface area (Å²) in [7, 11) is 0. The molecular formula is C12H22N4O2. The van der Waals surface area contributed by atoms with Gasteiger partial charge in [-0.25, -0.2) is 4.79 Å². The summed E-state index contributed by atoms with van der Waals surface area (Å²) in [6.07, 6.45) is 0. The fourth-order valence-electron chi connectivity index (χ4n) is 1.94. The highest BCUT2D eigenvalue weighted by atomic mass is 16.2. The molecule has 0 atom stereocenters. The Balaban J connectivity index is 3.77. The maximum Gasteiger partial charge on any atom is 0.333 e. The van der Waals surface area contributed by atoms with E-state index in [0.717, 1.165) is 0 Å². The van der Waals surface area contributed by atoms with Gasteiger partial charge >= 0.3 is 5.69 Å². The molecule has 3 N–H and O–H groups in total. The molecule has 0 aliphatic rings. The first-order valence-electron chi connectivity index (χ1n) is 6.23. The number of rotatable bonds is 4. The van der Waals surface area contributed by atoms with Gasteiger partial charge in [0.05, 0.1) is 0 Å². The highest BCUT2D eigenvalue weighted by Gasteiger charge is 2.19. The molecule has 1 heterocycles. The minimum atomic E-state index is -0.428. The fraction of sp³-hybridized carbons (Fsp3) is 0.667. The maximum atomic E-state index is 12.4. The number of hydrogen-bond donors (Lipinski definition) is 2. The summed E-state index contributed by atoms with van der Waals surface area (Å²) in [5.41, 5.74) is 5.20. The predicted molar refractivity (Wildman–Crippen MR) is 74.3 cm³/mol. The number of nitrogens with zero attached hydrogens (tertiary/aromatic N) is 2. The van der Waals surface area contributed by atoms with E-state index in [1.54, 1.807) is 13.8 Å². The van der Waals surface area contributed by atoms with E-state index in [1.807, 2.05) is 20.8 Å². The highest BCUT2D eigenvalue weighted by Crippen LogP contribution is 2.17. The third-order valence-electron chi connectivity index (χ3n) is 2.73. The average Bonchev–Trinajstić information content (AvgIpc) is 2.25. The lowest BCUT2D eigenvalue weighted by atomic mass is 10.3. The van der Waals surface area contributed by atoms with Crippen molar-refractivity contribution in [3.63, 3.8) is 0 Å². The van der Waals surface area contributed by atoms with E-state index >= 15 is 0 Å². The lowest BCUT2D eigenvalue weighted by Gasteiger charge is -2.21. The highest BCUT2D eigenvalue weighted by molar-refractivity contribution is 5.60. The number of nitrogens with two attached hydrogens (primary N) is 1. The Kier molecular flexibility index (Phi) is 4.21. The molecule has 0 amide bonds. The van der Waals surface area contributed by atoms with Crippen molar-refractivity contribution in [1.82, 2.24) is 9.13 Å². The van der Waals surface area contributed by atoms with Gasteiger partial charge in [0.15, 0.2) is 0 Å². The van der Waals surface area contributed by atoms with Crippen LogP contribution in [-0.2, 0) is 0 Å². The molecule has 0 bridgehead atoms. The zero-order valence-electron chi connectivity index (χ0n) is 11.7. The lowest BCUT2D eigenvalue weighted by molar-refractivity contribution is 0.479. The van der Waals surface area contributed by atoms with E-state index in [-0.39, 0.29) is 23.5 Å². The Morgan fingerprint density at radius 3 is 2.00 bits per heavy atom. The van der Waals surface area contributed by atoms with Crippen LogP contribution in [0.3, 0.4) is 0 Å². The summed E-state index contributed by atoms with van der Waals surface area (Å²) >= 11 is 0. The summed E-state index contributed by atoms with van der Waals surface area (Å²) in [4.78, 5) is 24.4. The minimum absolute atomic E-state index is 0.0700. The maximum absolute atomic E-state index is 12.4. The first-order valence-corrected chi connectivity index (χ1v) is 6.23. The average molecular weight is 254 g/mol. The van der Waals surface area contributed by atoms with Crippen molar-refractivity contribution in [3.8, 4) is 0 Å². The number of aromatic nitrogens is 2. The van der Waals surface area contributed by atoms with Crippen molar-refractivity contribution < 1.29 is 0 Å². The van der Waals surface area contributed by atoms with Gasteiger partial charge in [0.1, 0.15) is 11.5 Å². The molecule has 18 heavy (non-hydrogen) atoms. The molecule has 0 spiro atoms. The molecule has 0 unspecified atom stereocenters. The van der Waals surface area contributed by atoms with Gasteiger partial charge < -0.3 is 11.1 Å². The van der Waals surface area contributed by atoms with Crippen molar-refractivity contribution >= 4 is 11.5 Å². The zero-order valence-corrected chi connectivity index (χ0v) is 11.7. The molecule has 1 rings (SSSR count). The lowest BCUT2D eigenvalue weighted by Crippen LogP contribution is -2.43. The van der Waals surface area contributed by atoms with E-state index in [1.165, 1.54) is 9.13 Å². The van der Waals surface area contributed by atoms with Crippen molar-refractivity contribution in [3.05, 3.63) is 20.8 Å². The van der Waals surface area contributed by atoms with E-state index in [4.69, 9.17) is 5.73 Å². The normalized spacial score (nSPS) is 11.3. The van der Waals surface area contributed by atoms with Crippen LogP contribution in [0.2, 0.25) is 0 Å². The number of hydrogen-bond acceptors (Lipinski definition) is 4. The Hall–Kier alpha value is -1.72. The van der Waals surface area contributed by atoms with Gasteiger partial charge in [0.2, 0.25) is 0 Å². The van der Waals surface area contributed by atoms with Crippen LogP contribution in [0.25, 0.3) is 0 Å². The molecule has 0 radical (unpaired) electrons. The second kappa shape index (κ2) is 5.29. The third-order valence-corrected chi connectivity index (χ3v) is 2.73. The molecule has 0 saturated carbocycles. The van der Waals surface area contributed by atoms with Crippen molar-refractivity contribution in [2.24, 2.45) is 0 Å².